The van der Waals surface area contributed by atoms with Crippen LogP contribution in [0.15, 0.2) is 12.2 Å². The Morgan fingerprint density at radius 2 is 2.56 bits per heavy atom. The van der Waals surface area contributed by atoms with Gasteiger partial charge in [0.25, 0.3) is 0 Å². The smallest absolute Gasteiger partial charge is 0.00266 e. The summed E-state index contributed by atoms with van der Waals surface area (Å²) in [6, 6.07) is 0. The monoisotopic (exact) mass is 236 g/mol. The third kappa shape index (κ3) is 1.95. The minimum Gasteiger partial charge on any atom is -0.0882 e. The van der Waals surface area contributed by atoms with Gasteiger partial charge in [0.05, 0.1) is 0 Å². The molecule has 0 N–H and O–H groups in total. The van der Waals surface area contributed by atoms with E-state index in [4.69, 9.17) is 0 Å². The largest absolute Gasteiger partial charge is 0.0882 e. The molecule has 1 heteroatoms. The summed E-state index contributed by atoms with van der Waals surface area (Å²) in [6.45, 7) is 2.34. The summed E-state index contributed by atoms with van der Waals surface area (Å²) in [5.41, 5.74) is 0. The lowest BCUT2D eigenvalue weighted by atomic mass is 9.96. The highest BCUT2D eigenvalue weighted by Crippen LogP contribution is 2.25. The van der Waals surface area contributed by atoms with Gasteiger partial charge in [-0.15, -0.1) is 0 Å². The maximum atomic E-state index is 2.47. The molecule has 0 heterocycles. The molecule has 1 aliphatic rings. The number of alkyl halides is 1. The van der Waals surface area contributed by atoms with Crippen LogP contribution in [0.1, 0.15) is 19.8 Å². The molecule has 0 spiro atoms. The summed E-state index contributed by atoms with van der Waals surface area (Å²) in [6.07, 6.45) is 7.40. The Bertz CT molecular complexity index is 107. The average molecular weight is 236 g/mol. The predicted octanol–water partition coefficient (Wildman–Crippen LogP) is 3.02. The van der Waals surface area contributed by atoms with Crippen LogP contribution in [0.2, 0.25) is 0 Å². The van der Waals surface area contributed by atoms with Gasteiger partial charge in [-0.05, 0) is 24.7 Å². The first-order valence-electron chi connectivity index (χ1n) is 3.57. The van der Waals surface area contributed by atoms with Gasteiger partial charge in [0.2, 0.25) is 0 Å². The summed E-state index contributed by atoms with van der Waals surface area (Å²) in [4.78, 5) is 0. The highest BCUT2D eigenvalue weighted by molar-refractivity contribution is 14.1. The second-order valence-corrected chi connectivity index (χ2v) is 3.68. The van der Waals surface area contributed by atoms with Crippen molar-refractivity contribution in [3.63, 3.8) is 0 Å². The summed E-state index contributed by atoms with van der Waals surface area (Å²) >= 11 is 2.47. The van der Waals surface area contributed by atoms with Crippen LogP contribution < -0.4 is 0 Å². The third-order valence-corrected chi connectivity index (χ3v) is 3.41. The Hall–Kier alpha value is 0.470. The molecule has 2 unspecified atom stereocenters. The van der Waals surface area contributed by atoms with Crippen molar-refractivity contribution in [1.82, 2.24) is 0 Å². The Morgan fingerprint density at radius 1 is 1.78 bits per heavy atom. The summed E-state index contributed by atoms with van der Waals surface area (Å²) in [5, 5.41) is 0. The van der Waals surface area contributed by atoms with E-state index in [-0.39, 0.29) is 0 Å². The number of hydrogen-bond donors (Lipinski definition) is 0. The van der Waals surface area contributed by atoms with Gasteiger partial charge in [0, 0.05) is 4.43 Å². The Kier molecular flexibility index (Phi) is 3.02. The maximum Gasteiger partial charge on any atom is 0.00266 e. The van der Waals surface area contributed by atoms with Crippen molar-refractivity contribution < 1.29 is 0 Å². The van der Waals surface area contributed by atoms with Crippen LogP contribution in [0.4, 0.5) is 0 Å². The molecule has 0 aromatic rings. The van der Waals surface area contributed by atoms with E-state index in [1.54, 1.807) is 0 Å². The molecular formula is C8H13I. The molecule has 0 saturated heterocycles. The zero-order valence-electron chi connectivity index (χ0n) is 5.81. The molecule has 0 aromatic heterocycles. The normalized spacial score (nSPS) is 28.9. The van der Waals surface area contributed by atoms with Crippen molar-refractivity contribution in [2.75, 3.05) is 4.43 Å². The van der Waals surface area contributed by atoms with Crippen LogP contribution in [0.25, 0.3) is 0 Å². The topological polar surface area (TPSA) is 0 Å². The fraction of sp³-hybridized carbons (Fsp3) is 0.750. The summed E-state index contributed by atoms with van der Waals surface area (Å²) in [7, 11) is 0. The maximum absolute atomic E-state index is 2.47. The molecule has 9 heavy (non-hydrogen) atoms. The van der Waals surface area contributed by atoms with Gasteiger partial charge in [-0.2, -0.15) is 0 Å². The summed E-state index contributed by atoms with van der Waals surface area (Å²) < 4.78 is 1.30. The highest BCUT2D eigenvalue weighted by Gasteiger charge is 2.15. The predicted molar refractivity (Wildman–Crippen MR) is 49.9 cm³/mol. The Morgan fingerprint density at radius 3 is 3.00 bits per heavy atom. The van der Waals surface area contributed by atoms with E-state index in [2.05, 4.69) is 41.7 Å². The Balaban J connectivity index is 2.33. The first kappa shape index (κ1) is 7.58. The Labute approximate surface area is 70.9 Å². The molecule has 0 fully saturated rings. The standard InChI is InChI=1S/C8H13I/c1-7(6-9)8-4-2-3-5-8/h2,4,7-8H,3,5-6H2,1H3. The van der Waals surface area contributed by atoms with Gasteiger partial charge in [0.15, 0.2) is 0 Å². The fourth-order valence-corrected chi connectivity index (χ4v) is 1.90. The van der Waals surface area contributed by atoms with Crippen LogP contribution >= 0.6 is 22.6 Å². The molecule has 1 aliphatic carbocycles. The molecule has 0 saturated carbocycles. The summed E-state index contributed by atoms with van der Waals surface area (Å²) in [5.74, 6) is 1.78. The molecule has 0 bridgehead atoms. The van der Waals surface area contributed by atoms with Crippen molar-refractivity contribution in [3.8, 4) is 0 Å². The van der Waals surface area contributed by atoms with Gasteiger partial charge >= 0.3 is 0 Å². The third-order valence-electron chi connectivity index (χ3n) is 2.02. The minimum absolute atomic E-state index is 0.891. The zero-order valence-corrected chi connectivity index (χ0v) is 7.97. The SMILES string of the molecule is CC(CI)C1C=CCC1. The van der Waals surface area contributed by atoms with Gasteiger partial charge in [-0.1, -0.05) is 41.7 Å². The van der Waals surface area contributed by atoms with Gasteiger partial charge < -0.3 is 0 Å². The molecule has 2 atom stereocenters. The molecule has 0 aromatic carbocycles. The lowest BCUT2D eigenvalue weighted by Crippen LogP contribution is -2.07. The molecule has 0 nitrogen and oxygen atoms in total. The van der Waals surface area contributed by atoms with Gasteiger partial charge in [-0.3, -0.25) is 0 Å². The van der Waals surface area contributed by atoms with E-state index < -0.39 is 0 Å². The number of allylic oxidation sites excluding steroid dienone is 2. The average Bonchev–Trinajstić information content (AvgIpc) is 2.37. The first-order valence-corrected chi connectivity index (χ1v) is 5.09. The highest BCUT2D eigenvalue weighted by atomic mass is 127. The van der Waals surface area contributed by atoms with E-state index in [1.807, 2.05) is 0 Å². The van der Waals surface area contributed by atoms with Crippen molar-refractivity contribution >= 4 is 22.6 Å². The van der Waals surface area contributed by atoms with Crippen LogP contribution in [0, 0.1) is 11.8 Å². The molecule has 0 aliphatic heterocycles. The van der Waals surface area contributed by atoms with Crippen molar-refractivity contribution in [3.05, 3.63) is 12.2 Å². The van der Waals surface area contributed by atoms with Crippen LogP contribution in [-0.2, 0) is 0 Å². The van der Waals surface area contributed by atoms with Crippen LogP contribution in [-0.4, -0.2) is 4.43 Å². The van der Waals surface area contributed by atoms with Crippen LogP contribution in [0.5, 0.6) is 0 Å². The van der Waals surface area contributed by atoms with Gasteiger partial charge in [-0.25, -0.2) is 0 Å². The molecular weight excluding hydrogens is 223 g/mol. The van der Waals surface area contributed by atoms with Crippen molar-refractivity contribution in [2.45, 2.75) is 19.8 Å². The minimum atomic E-state index is 0.891. The van der Waals surface area contributed by atoms with Crippen molar-refractivity contribution in [1.29, 1.82) is 0 Å². The van der Waals surface area contributed by atoms with Gasteiger partial charge in [0.1, 0.15) is 0 Å². The molecule has 0 amide bonds. The van der Waals surface area contributed by atoms with E-state index in [0.717, 1.165) is 11.8 Å². The molecule has 52 valence electrons. The van der Waals surface area contributed by atoms with Crippen molar-refractivity contribution in [2.24, 2.45) is 11.8 Å². The number of hydrogen-bond acceptors (Lipinski definition) is 0. The number of halogens is 1. The molecule has 1 rings (SSSR count). The first-order chi connectivity index (χ1) is 4.34. The quantitative estimate of drug-likeness (QED) is 0.392. The lowest BCUT2D eigenvalue weighted by molar-refractivity contribution is 0.471. The zero-order chi connectivity index (χ0) is 6.69. The molecule has 0 radical (unpaired) electrons. The van der Waals surface area contributed by atoms with E-state index >= 15 is 0 Å². The lowest BCUT2D eigenvalue weighted by Gasteiger charge is -2.13. The van der Waals surface area contributed by atoms with E-state index in [9.17, 15) is 0 Å². The van der Waals surface area contributed by atoms with E-state index in [1.165, 1.54) is 17.3 Å². The number of rotatable bonds is 2. The second kappa shape index (κ2) is 3.59. The van der Waals surface area contributed by atoms with Crippen LogP contribution in [0.3, 0.4) is 0 Å². The van der Waals surface area contributed by atoms with E-state index in [0.29, 0.717) is 0 Å². The second-order valence-electron chi connectivity index (χ2n) is 2.80. The fourth-order valence-electron chi connectivity index (χ4n) is 1.24.